The second-order valence-electron chi connectivity index (χ2n) is 6.54. The highest BCUT2D eigenvalue weighted by Gasteiger charge is 2.48. The molecule has 0 aromatic heterocycles. The molecule has 1 saturated heterocycles. The van der Waals surface area contributed by atoms with E-state index in [1.165, 1.54) is 6.07 Å². The molecule has 1 amide bonds. The predicted molar refractivity (Wildman–Crippen MR) is 75.8 cm³/mol. The average Bonchev–Trinajstić information content (AvgIpc) is 2.84. The maximum atomic E-state index is 12.9. The summed E-state index contributed by atoms with van der Waals surface area (Å²) in [6.45, 7) is 3.69. The number of aliphatic hydroxyl groups is 1. The Morgan fingerprint density at radius 1 is 1.35 bits per heavy atom. The van der Waals surface area contributed by atoms with Gasteiger partial charge in [-0.05, 0) is 32.4 Å². The van der Waals surface area contributed by atoms with Crippen molar-refractivity contribution in [2.24, 2.45) is 0 Å². The van der Waals surface area contributed by atoms with Crippen molar-refractivity contribution in [2.75, 3.05) is 6.54 Å². The maximum absolute atomic E-state index is 12.9. The number of benzene rings is 1. The van der Waals surface area contributed by atoms with Gasteiger partial charge in [-0.1, -0.05) is 6.07 Å². The number of rotatable bonds is 1. The van der Waals surface area contributed by atoms with Gasteiger partial charge in [-0.2, -0.15) is 13.2 Å². The first kappa shape index (κ1) is 16.1. The molecule has 126 valence electrons. The van der Waals surface area contributed by atoms with Crippen LogP contribution in [0.4, 0.5) is 13.2 Å². The van der Waals surface area contributed by atoms with Crippen molar-refractivity contribution >= 4 is 5.91 Å². The van der Waals surface area contributed by atoms with E-state index < -0.39 is 29.5 Å². The summed E-state index contributed by atoms with van der Waals surface area (Å²) in [6, 6.07) is 2.51. The average molecular weight is 329 g/mol. The Bertz CT molecular complexity index is 642. The summed E-state index contributed by atoms with van der Waals surface area (Å²) in [6.07, 6.45) is -4.43. The van der Waals surface area contributed by atoms with Crippen molar-refractivity contribution in [3.05, 3.63) is 29.3 Å². The van der Waals surface area contributed by atoms with Crippen LogP contribution in [-0.2, 0) is 11.0 Å². The van der Waals surface area contributed by atoms with Crippen molar-refractivity contribution in [2.45, 2.75) is 50.6 Å². The Morgan fingerprint density at radius 3 is 2.61 bits per heavy atom. The van der Waals surface area contributed by atoms with E-state index in [1.807, 2.05) is 0 Å². The van der Waals surface area contributed by atoms with Crippen LogP contribution in [0.3, 0.4) is 0 Å². The number of hydrogen-bond donors (Lipinski definition) is 1. The monoisotopic (exact) mass is 329 g/mol. The zero-order valence-electron chi connectivity index (χ0n) is 12.9. The summed E-state index contributed by atoms with van der Waals surface area (Å²) in [5.74, 6) is -0.0302. The van der Waals surface area contributed by atoms with Crippen molar-refractivity contribution in [3.8, 4) is 5.75 Å². The zero-order chi connectivity index (χ0) is 17.0. The van der Waals surface area contributed by atoms with E-state index in [0.717, 1.165) is 12.1 Å². The summed E-state index contributed by atoms with van der Waals surface area (Å²) in [7, 11) is 0. The molecule has 0 aliphatic carbocycles. The molecule has 0 bridgehead atoms. The van der Waals surface area contributed by atoms with E-state index in [4.69, 9.17) is 4.74 Å². The Hall–Kier alpha value is -1.76. The third-order valence-electron chi connectivity index (χ3n) is 4.49. The standard InChI is InChI=1S/C16H18F3NO3/c1-15(2)14(22)13(20-7-3-4-12(20)21)10-6-5-9(16(17,18)19)8-11(10)23-15/h5-6,8,13-14,22H,3-4,7H2,1-2H3/t13-,14+/m0/s1. The van der Waals surface area contributed by atoms with Crippen molar-refractivity contribution in [1.29, 1.82) is 0 Å². The van der Waals surface area contributed by atoms with Crippen molar-refractivity contribution in [1.82, 2.24) is 4.90 Å². The molecule has 4 nitrogen and oxygen atoms in total. The zero-order valence-corrected chi connectivity index (χ0v) is 12.9. The topological polar surface area (TPSA) is 49.8 Å². The van der Waals surface area contributed by atoms with Gasteiger partial charge in [0.1, 0.15) is 17.5 Å². The second kappa shape index (κ2) is 5.12. The molecule has 2 aliphatic heterocycles. The Labute approximate surface area is 131 Å². The number of carbonyl (C=O) groups is 1. The lowest BCUT2D eigenvalue weighted by molar-refractivity contribution is -0.142. The summed E-state index contributed by atoms with van der Waals surface area (Å²) >= 11 is 0. The molecular formula is C16H18F3NO3. The Morgan fingerprint density at radius 2 is 2.04 bits per heavy atom. The number of nitrogens with zero attached hydrogens (tertiary/aromatic N) is 1. The predicted octanol–water partition coefficient (Wildman–Crippen LogP) is 2.90. The highest BCUT2D eigenvalue weighted by atomic mass is 19.4. The van der Waals surface area contributed by atoms with Crippen LogP contribution in [0.1, 0.15) is 43.9 Å². The second-order valence-corrected chi connectivity index (χ2v) is 6.54. The van der Waals surface area contributed by atoms with Crippen LogP contribution in [0.5, 0.6) is 5.75 Å². The van der Waals surface area contributed by atoms with Gasteiger partial charge in [-0.3, -0.25) is 4.79 Å². The first-order valence-electron chi connectivity index (χ1n) is 7.49. The number of halogens is 3. The number of fused-ring (bicyclic) bond motifs is 1. The quantitative estimate of drug-likeness (QED) is 0.862. The van der Waals surface area contributed by atoms with Crippen molar-refractivity contribution in [3.63, 3.8) is 0 Å². The molecule has 1 fully saturated rings. The van der Waals surface area contributed by atoms with Crippen LogP contribution < -0.4 is 4.74 Å². The number of ether oxygens (including phenoxy) is 1. The first-order chi connectivity index (χ1) is 10.6. The van der Waals surface area contributed by atoms with E-state index in [9.17, 15) is 23.1 Å². The molecular weight excluding hydrogens is 311 g/mol. The highest BCUT2D eigenvalue weighted by molar-refractivity contribution is 5.79. The number of likely N-dealkylation sites (tertiary alicyclic amines) is 1. The fraction of sp³-hybridized carbons (Fsp3) is 0.562. The number of alkyl halides is 3. The van der Waals surface area contributed by atoms with Gasteiger partial charge < -0.3 is 14.7 Å². The molecule has 7 heteroatoms. The molecule has 0 unspecified atom stereocenters. The fourth-order valence-electron chi connectivity index (χ4n) is 3.24. The van der Waals surface area contributed by atoms with E-state index in [1.54, 1.807) is 18.7 Å². The third-order valence-corrected chi connectivity index (χ3v) is 4.49. The van der Waals surface area contributed by atoms with Gasteiger partial charge in [-0.25, -0.2) is 0 Å². The smallest absolute Gasteiger partial charge is 0.416 e. The van der Waals surface area contributed by atoms with Crippen LogP contribution in [0.15, 0.2) is 18.2 Å². The summed E-state index contributed by atoms with van der Waals surface area (Å²) in [5.41, 5.74) is -1.49. The maximum Gasteiger partial charge on any atom is 0.416 e. The number of amides is 1. The van der Waals surface area contributed by atoms with Crippen LogP contribution in [0.2, 0.25) is 0 Å². The lowest BCUT2D eigenvalue weighted by Gasteiger charge is -2.45. The van der Waals surface area contributed by atoms with E-state index in [2.05, 4.69) is 0 Å². The molecule has 2 heterocycles. The van der Waals surface area contributed by atoms with Crippen molar-refractivity contribution < 1.29 is 27.8 Å². The van der Waals surface area contributed by atoms with E-state index in [0.29, 0.717) is 24.9 Å². The summed E-state index contributed by atoms with van der Waals surface area (Å²) < 4.78 is 44.4. The largest absolute Gasteiger partial charge is 0.485 e. The molecule has 0 spiro atoms. The lowest BCUT2D eigenvalue weighted by Crippen LogP contribution is -2.53. The first-order valence-corrected chi connectivity index (χ1v) is 7.49. The number of hydrogen-bond acceptors (Lipinski definition) is 3. The Balaban J connectivity index is 2.09. The number of aliphatic hydroxyl groups excluding tert-OH is 1. The van der Waals surface area contributed by atoms with Crippen LogP contribution >= 0.6 is 0 Å². The van der Waals surface area contributed by atoms with E-state index in [-0.39, 0.29) is 11.7 Å². The van der Waals surface area contributed by atoms with Gasteiger partial charge in [0.25, 0.3) is 0 Å². The molecule has 1 aromatic rings. The molecule has 2 atom stereocenters. The normalized spacial score (nSPS) is 26.9. The van der Waals surface area contributed by atoms with Gasteiger partial charge >= 0.3 is 6.18 Å². The molecule has 0 radical (unpaired) electrons. The van der Waals surface area contributed by atoms with Crippen LogP contribution in [0, 0.1) is 0 Å². The summed E-state index contributed by atoms with van der Waals surface area (Å²) in [4.78, 5) is 13.6. The third kappa shape index (κ3) is 2.67. The van der Waals surface area contributed by atoms with Gasteiger partial charge in [0.05, 0.1) is 11.6 Å². The molecule has 23 heavy (non-hydrogen) atoms. The fourth-order valence-corrected chi connectivity index (χ4v) is 3.24. The SMILES string of the molecule is CC1(C)Oc2cc(C(F)(F)F)ccc2[C@H](N2CCCC2=O)[C@H]1O. The number of carbonyl (C=O) groups excluding carboxylic acids is 1. The van der Waals surface area contributed by atoms with Gasteiger partial charge in [0, 0.05) is 18.5 Å². The minimum atomic E-state index is -4.47. The summed E-state index contributed by atoms with van der Waals surface area (Å²) in [5, 5.41) is 10.6. The minimum Gasteiger partial charge on any atom is -0.485 e. The molecule has 1 aromatic carbocycles. The lowest BCUT2D eigenvalue weighted by atomic mass is 9.85. The van der Waals surface area contributed by atoms with Gasteiger partial charge in [-0.15, -0.1) is 0 Å². The molecule has 0 saturated carbocycles. The van der Waals surface area contributed by atoms with Gasteiger partial charge in [0.2, 0.25) is 5.91 Å². The molecule has 2 aliphatic rings. The molecule has 3 rings (SSSR count). The highest BCUT2D eigenvalue weighted by Crippen LogP contribution is 2.45. The van der Waals surface area contributed by atoms with E-state index >= 15 is 0 Å². The van der Waals surface area contributed by atoms with Crippen LogP contribution in [0.25, 0.3) is 0 Å². The Kier molecular flexibility index (Phi) is 3.59. The minimum absolute atomic E-state index is 0.0693. The molecule has 1 N–H and O–H groups in total. The van der Waals surface area contributed by atoms with Gasteiger partial charge in [0.15, 0.2) is 0 Å². The van der Waals surface area contributed by atoms with Crippen LogP contribution in [-0.4, -0.2) is 34.2 Å².